The number of hydrogen-bond acceptors (Lipinski definition) is 3. The van der Waals surface area contributed by atoms with Gasteiger partial charge in [0.05, 0.1) is 5.56 Å². The van der Waals surface area contributed by atoms with Crippen LogP contribution >= 0.6 is 0 Å². The van der Waals surface area contributed by atoms with E-state index in [9.17, 15) is 4.79 Å². The molecule has 1 saturated heterocycles. The van der Waals surface area contributed by atoms with Crippen molar-refractivity contribution in [2.75, 3.05) is 11.9 Å². The van der Waals surface area contributed by atoms with E-state index in [2.05, 4.69) is 15.2 Å². The number of nitrogens with zero attached hydrogens (tertiary/aromatic N) is 2. The zero-order chi connectivity index (χ0) is 12.8. The van der Waals surface area contributed by atoms with E-state index in [1.54, 1.807) is 6.20 Å². The summed E-state index contributed by atoms with van der Waals surface area (Å²) < 4.78 is 0. The third kappa shape index (κ3) is 2.09. The number of amides is 1. The highest BCUT2D eigenvalue weighted by molar-refractivity contribution is 5.94. The number of fused-ring (bicyclic) bond motifs is 2. The first-order chi connectivity index (χ1) is 9.29. The van der Waals surface area contributed by atoms with E-state index in [0.717, 1.165) is 23.8 Å². The highest BCUT2D eigenvalue weighted by Crippen LogP contribution is 2.38. The summed E-state index contributed by atoms with van der Waals surface area (Å²) >= 11 is 0. The Morgan fingerprint density at radius 3 is 2.74 bits per heavy atom. The van der Waals surface area contributed by atoms with Gasteiger partial charge < -0.3 is 10.2 Å². The normalized spacial score (nSPS) is 28.7. The number of aromatic nitrogens is 1. The molecule has 1 N–H and O–H groups in total. The average Bonchev–Trinajstić information content (AvgIpc) is 3.01. The van der Waals surface area contributed by atoms with Crippen LogP contribution in [0.15, 0.2) is 18.3 Å². The third-order valence-electron chi connectivity index (χ3n) is 4.61. The Labute approximate surface area is 113 Å². The molecule has 100 valence electrons. The molecule has 4 rings (SSSR count). The number of nitrogens with one attached hydrogen (secondary N) is 1. The van der Waals surface area contributed by atoms with Crippen LogP contribution in [0.3, 0.4) is 0 Å². The molecule has 4 heteroatoms. The maximum absolute atomic E-state index is 12.4. The number of carbonyl (C=O) groups is 1. The van der Waals surface area contributed by atoms with E-state index in [1.165, 1.54) is 32.1 Å². The second kappa shape index (κ2) is 4.22. The predicted molar refractivity (Wildman–Crippen MR) is 73.0 cm³/mol. The van der Waals surface area contributed by atoms with Crippen LogP contribution in [0.2, 0.25) is 0 Å². The van der Waals surface area contributed by atoms with Gasteiger partial charge in [0.15, 0.2) is 0 Å². The summed E-state index contributed by atoms with van der Waals surface area (Å²) in [6.45, 7) is 0.950. The fourth-order valence-electron chi connectivity index (χ4n) is 3.38. The molecule has 2 saturated carbocycles. The van der Waals surface area contributed by atoms with Gasteiger partial charge in [0, 0.05) is 24.8 Å². The molecule has 3 fully saturated rings. The minimum absolute atomic E-state index is 0.165. The Hall–Kier alpha value is -1.58. The van der Waals surface area contributed by atoms with E-state index >= 15 is 0 Å². The molecule has 2 bridgehead atoms. The summed E-state index contributed by atoms with van der Waals surface area (Å²) in [7, 11) is 0. The standard InChI is InChI=1S/C15H19N3O/c19-15(18-9-10-1-5-13(18)7-10)11-2-6-14(16-8-11)17-12-3-4-12/h2,6,8,10,12-13H,1,3-5,7,9H2,(H,16,17). The smallest absolute Gasteiger partial charge is 0.255 e. The molecular weight excluding hydrogens is 238 g/mol. The highest BCUT2D eigenvalue weighted by atomic mass is 16.2. The van der Waals surface area contributed by atoms with Gasteiger partial charge in [0.2, 0.25) is 0 Å². The van der Waals surface area contributed by atoms with Gasteiger partial charge in [0.1, 0.15) is 5.82 Å². The molecule has 1 aliphatic heterocycles. The highest BCUT2D eigenvalue weighted by Gasteiger charge is 2.40. The van der Waals surface area contributed by atoms with Crippen LogP contribution in [0.5, 0.6) is 0 Å². The largest absolute Gasteiger partial charge is 0.367 e. The monoisotopic (exact) mass is 257 g/mol. The quantitative estimate of drug-likeness (QED) is 0.903. The summed E-state index contributed by atoms with van der Waals surface area (Å²) in [6.07, 6.45) is 7.89. The van der Waals surface area contributed by atoms with E-state index in [4.69, 9.17) is 0 Å². The second-order valence-corrected chi connectivity index (χ2v) is 6.14. The maximum atomic E-state index is 12.4. The SMILES string of the molecule is O=C(c1ccc(NC2CC2)nc1)N1CC2CCC1C2. The van der Waals surface area contributed by atoms with Gasteiger partial charge in [-0.05, 0) is 50.2 Å². The predicted octanol–water partition coefficient (Wildman–Crippen LogP) is 2.28. The molecule has 4 nitrogen and oxygen atoms in total. The molecular formula is C15H19N3O. The van der Waals surface area contributed by atoms with Crippen LogP contribution in [0, 0.1) is 5.92 Å². The topological polar surface area (TPSA) is 45.2 Å². The van der Waals surface area contributed by atoms with Crippen LogP contribution in [0.1, 0.15) is 42.5 Å². The number of carbonyl (C=O) groups excluding carboxylic acids is 1. The van der Waals surface area contributed by atoms with Gasteiger partial charge in [-0.25, -0.2) is 4.98 Å². The number of pyridine rings is 1. The van der Waals surface area contributed by atoms with Gasteiger partial charge in [-0.15, -0.1) is 0 Å². The number of piperidine rings is 1. The number of rotatable bonds is 3. The minimum atomic E-state index is 0.165. The molecule has 2 atom stereocenters. The maximum Gasteiger partial charge on any atom is 0.255 e. The zero-order valence-electron chi connectivity index (χ0n) is 11.0. The van der Waals surface area contributed by atoms with Crippen LogP contribution in [0.25, 0.3) is 0 Å². The van der Waals surface area contributed by atoms with E-state index in [0.29, 0.717) is 12.1 Å². The number of hydrogen-bond donors (Lipinski definition) is 1. The lowest BCUT2D eigenvalue weighted by atomic mass is 10.1. The fraction of sp³-hybridized carbons (Fsp3) is 0.600. The second-order valence-electron chi connectivity index (χ2n) is 6.14. The molecule has 2 heterocycles. The molecule has 0 aromatic carbocycles. The molecule has 0 spiro atoms. The summed E-state index contributed by atoms with van der Waals surface area (Å²) in [5.41, 5.74) is 0.730. The Kier molecular flexibility index (Phi) is 2.50. The van der Waals surface area contributed by atoms with E-state index in [1.807, 2.05) is 12.1 Å². The summed E-state index contributed by atoms with van der Waals surface area (Å²) in [4.78, 5) is 18.9. The van der Waals surface area contributed by atoms with Crippen LogP contribution in [-0.4, -0.2) is 34.4 Å². The number of anilines is 1. The molecule has 19 heavy (non-hydrogen) atoms. The first kappa shape index (κ1) is 11.3. The van der Waals surface area contributed by atoms with Crippen molar-refractivity contribution < 1.29 is 4.79 Å². The summed E-state index contributed by atoms with van der Waals surface area (Å²) in [5.74, 6) is 1.80. The van der Waals surface area contributed by atoms with Gasteiger partial charge in [-0.1, -0.05) is 0 Å². The van der Waals surface area contributed by atoms with E-state index in [-0.39, 0.29) is 5.91 Å². The molecule has 1 amide bonds. The Morgan fingerprint density at radius 1 is 1.26 bits per heavy atom. The van der Waals surface area contributed by atoms with Gasteiger partial charge >= 0.3 is 0 Å². The van der Waals surface area contributed by atoms with Gasteiger partial charge in [0.25, 0.3) is 5.91 Å². The zero-order valence-corrected chi connectivity index (χ0v) is 11.0. The first-order valence-electron chi connectivity index (χ1n) is 7.33. The van der Waals surface area contributed by atoms with Crippen molar-refractivity contribution in [3.63, 3.8) is 0 Å². The molecule has 3 aliphatic rings. The van der Waals surface area contributed by atoms with Crippen molar-refractivity contribution in [3.05, 3.63) is 23.9 Å². The Balaban J connectivity index is 1.47. The molecule has 1 aromatic rings. The third-order valence-corrected chi connectivity index (χ3v) is 4.61. The Morgan fingerprint density at radius 2 is 2.16 bits per heavy atom. The van der Waals surface area contributed by atoms with Crippen molar-refractivity contribution in [1.29, 1.82) is 0 Å². The average molecular weight is 257 g/mol. The van der Waals surface area contributed by atoms with E-state index < -0.39 is 0 Å². The molecule has 2 unspecified atom stereocenters. The molecule has 1 aromatic heterocycles. The first-order valence-corrected chi connectivity index (χ1v) is 7.33. The molecule has 2 aliphatic carbocycles. The van der Waals surface area contributed by atoms with Crippen molar-refractivity contribution >= 4 is 11.7 Å². The minimum Gasteiger partial charge on any atom is -0.367 e. The van der Waals surface area contributed by atoms with Crippen molar-refractivity contribution in [2.45, 2.75) is 44.2 Å². The van der Waals surface area contributed by atoms with Crippen LogP contribution in [0.4, 0.5) is 5.82 Å². The molecule has 0 radical (unpaired) electrons. The van der Waals surface area contributed by atoms with Crippen LogP contribution < -0.4 is 5.32 Å². The number of likely N-dealkylation sites (tertiary alicyclic amines) is 1. The lowest BCUT2D eigenvalue weighted by Crippen LogP contribution is -2.37. The van der Waals surface area contributed by atoms with Crippen molar-refractivity contribution in [3.8, 4) is 0 Å². The van der Waals surface area contributed by atoms with Gasteiger partial charge in [-0.2, -0.15) is 0 Å². The van der Waals surface area contributed by atoms with Crippen molar-refractivity contribution in [1.82, 2.24) is 9.88 Å². The fourth-order valence-corrected chi connectivity index (χ4v) is 3.38. The Bertz CT molecular complexity index is 495. The van der Waals surface area contributed by atoms with Crippen LogP contribution in [-0.2, 0) is 0 Å². The summed E-state index contributed by atoms with van der Waals surface area (Å²) in [5, 5.41) is 3.34. The summed E-state index contributed by atoms with van der Waals surface area (Å²) in [6, 6.07) is 4.93. The lowest BCUT2D eigenvalue weighted by molar-refractivity contribution is 0.0703. The van der Waals surface area contributed by atoms with Gasteiger partial charge in [-0.3, -0.25) is 4.79 Å². The lowest BCUT2D eigenvalue weighted by Gasteiger charge is -2.26. The van der Waals surface area contributed by atoms with Crippen molar-refractivity contribution in [2.24, 2.45) is 5.92 Å².